The van der Waals surface area contributed by atoms with E-state index in [1.807, 2.05) is 26.2 Å². The Morgan fingerprint density at radius 3 is 1.45 bits per heavy atom. The SMILES string of the molecule is Cc1cnc2c(c1)c1nccnc1c1cc(C)cnc12. The molecule has 20 heavy (non-hydrogen) atoms. The molecular formula is C16H12N4. The van der Waals surface area contributed by atoms with Gasteiger partial charge in [-0.25, -0.2) is 0 Å². The summed E-state index contributed by atoms with van der Waals surface area (Å²) < 4.78 is 0. The minimum absolute atomic E-state index is 0.888. The number of hydrogen-bond donors (Lipinski definition) is 0. The maximum absolute atomic E-state index is 4.56. The molecule has 3 heterocycles. The van der Waals surface area contributed by atoms with Crippen LogP contribution in [0.3, 0.4) is 0 Å². The Kier molecular flexibility index (Phi) is 2.21. The summed E-state index contributed by atoms with van der Waals surface area (Å²) in [5, 5.41) is 2.02. The van der Waals surface area contributed by atoms with E-state index < -0.39 is 0 Å². The molecule has 0 radical (unpaired) electrons. The van der Waals surface area contributed by atoms with Crippen molar-refractivity contribution in [3.8, 4) is 0 Å². The van der Waals surface area contributed by atoms with Crippen molar-refractivity contribution in [2.75, 3.05) is 0 Å². The number of hydrogen-bond acceptors (Lipinski definition) is 4. The number of aryl methyl sites for hydroxylation is 2. The second-order valence-electron chi connectivity index (χ2n) is 5.07. The molecule has 4 nitrogen and oxygen atoms in total. The molecule has 0 aliphatic carbocycles. The highest BCUT2D eigenvalue weighted by molar-refractivity contribution is 6.20. The lowest BCUT2D eigenvalue weighted by Gasteiger charge is -2.08. The lowest BCUT2D eigenvalue weighted by atomic mass is 10.1. The summed E-state index contributed by atoms with van der Waals surface area (Å²) in [5.74, 6) is 0. The van der Waals surface area contributed by atoms with Crippen molar-refractivity contribution in [3.63, 3.8) is 0 Å². The molecule has 0 bridgehead atoms. The second-order valence-corrected chi connectivity index (χ2v) is 5.07. The van der Waals surface area contributed by atoms with Crippen LogP contribution in [0.1, 0.15) is 11.1 Å². The molecule has 0 unspecified atom stereocenters. The number of benzene rings is 1. The highest BCUT2D eigenvalue weighted by atomic mass is 14.8. The highest BCUT2D eigenvalue weighted by Gasteiger charge is 2.12. The van der Waals surface area contributed by atoms with E-state index in [1.54, 1.807) is 12.4 Å². The van der Waals surface area contributed by atoms with Gasteiger partial charge >= 0.3 is 0 Å². The molecular weight excluding hydrogens is 248 g/mol. The van der Waals surface area contributed by atoms with Crippen molar-refractivity contribution in [2.24, 2.45) is 0 Å². The molecule has 0 fully saturated rings. The van der Waals surface area contributed by atoms with Crippen LogP contribution in [-0.4, -0.2) is 19.9 Å². The van der Waals surface area contributed by atoms with Gasteiger partial charge in [0.1, 0.15) is 0 Å². The zero-order valence-electron chi connectivity index (χ0n) is 11.3. The maximum Gasteiger partial charge on any atom is 0.0988 e. The fraction of sp³-hybridized carbons (Fsp3) is 0.125. The van der Waals surface area contributed by atoms with E-state index in [-0.39, 0.29) is 0 Å². The van der Waals surface area contributed by atoms with Crippen LogP contribution in [0.4, 0.5) is 0 Å². The number of nitrogens with zero attached hydrogens (tertiary/aromatic N) is 4. The fourth-order valence-corrected chi connectivity index (χ4v) is 2.61. The monoisotopic (exact) mass is 260 g/mol. The average molecular weight is 260 g/mol. The summed E-state index contributed by atoms with van der Waals surface area (Å²) in [5.41, 5.74) is 5.77. The van der Waals surface area contributed by atoms with Gasteiger partial charge in [0.05, 0.1) is 22.1 Å². The van der Waals surface area contributed by atoms with Gasteiger partial charge in [-0.3, -0.25) is 19.9 Å². The third-order valence-electron chi connectivity index (χ3n) is 3.48. The molecule has 3 aromatic heterocycles. The third kappa shape index (κ3) is 1.48. The van der Waals surface area contributed by atoms with Gasteiger partial charge in [0, 0.05) is 35.6 Å². The molecule has 0 saturated carbocycles. The number of rotatable bonds is 0. The third-order valence-corrected chi connectivity index (χ3v) is 3.48. The minimum atomic E-state index is 0.888. The fourth-order valence-electron chi connectivity index (χ4n) is 2.61. The van der Waals surface area contributed by atoms with Crippen LogP contribution in [0.15, 0.2) is 36.9 Å². The largest absolute Gasteiger partial charge is 0.254 e. The van der Waals surface area contributed by atoms with Crippen LogP contribution in [-0.2, 0) is 0 Å². The first-order valence-electron chi connectivity index (χ1n) is 6.49. The van der Waals surface area contributed by atoms with E-state index in [4.69, 9.17) is 0 Å². The summed E-state index contributed by atoms with van der Waals surface area (Å²) in [7, 11) is 0. The number of fused-ring (bicyclic) bond motifs is 6. The minimum Gasteiger partial charge on any atom is -0.254 e. The van der Waals surface area contributed by atoms with E-state index in [0.717, 1.165) is 44.0 Å². The Labute approximate surface area is 115 Å². The first-order valence-corrected chi connectivity index (χ1v) is 6.49. The Hall–Kier alpha value is -2.62. The molecule has 4 heteroatoms. The molecule has 0 spiro atoms. The summed E-state index contributed by atoms with van der Waals surface area (Å²) >= 11 is 0. The van der Waals surface area contributed by atoms with Crippen LogP contribution in [0.5, 0.6) is 0 Å². The highest BCUT2D eigenvalue weighted by Crippen LogP contribution is 2.30. The molecule has 0 atom stereocenters. The van der Waals surface area contributed by atoms with Crippen molar-refractivity contribution < 1.29 is 0 Å². The Morgan fingerprint density at radius 2 is 1.00 bits per heavy atom. The molecule has 0 N–H and O–H groups in total. The topological polar surface area (TPSA) is 51.6 Å². The Morgan fingerprint density at radius 1 is 0.600 bits per heavy atom. The summed E-state index contributed by atoms with van der Waals surface area (Å²) in [6, 6.07) is 4.20. The molecule has 0 saturated heterocycles. The lowest BCUT2D eigenvalue weighted by molar-refractivity contribution is 1.28. The summed E-state index contributed by atoms with van der Waals surface area (Å²) in [4.78, 5) is 18.1. The molecule has 4 aromatic rings. The van der Waals surface area contributed by atoms with Crippen molar-refractivity contribution >= 4 is 32.8 Å². The Balaban J connectivity index is 2.40. The first kappa shape index (κ1) is 11.2. The zero-order chi connectivity index (χ0) is 13.7. The van der Waals surface area contributed by atoms with Gasteiger partial charge in [0.25, 0.3) is 0 Å². The van der Waals surface area contributed by atoms with E-state index >= 15 is 0 Å². The van der Waals surface area contributed by atoms with E-state index in [1.165, 1.54) is 0 Å². The van der Waals surface area contributed by atoms with E-state index in [0.29, 0.717) is 0 Å². The van der Waals surface area contributed by atoms with Gasteiger partial charge in [-0.05, 0) is 37.1 Å². The Bertz CT molecular complexity index is 875. The molecule has 4 rings (SSSR count). The standard InChI is InChI=1S/C16H12N4/c1-9-5-11-13-14(18-4-3-17-13)12-6-10(2)8-20-16(12)15(11)19-7-9/h3-8H,1-2H3. The van der Waals surface area contributed by atoms with Crippen LogP contribution in [0.25, 0.3) is 32.8 Å². The molecule has 0 aliphatic rings. The summed E-state index contributed by atoms with van der Waals surface area (Å²) in [6.07, 6.45) is 7.18. The predicted octanol–water partition coefficient (Wildman–Crippen LogP) is 3.34. The molecule has 96 valence electrons. The van der Waals surface area contributed by atoms with Gasteiger partial charge in [-0.15, -0.1) is 0 Å². The van der Waals surface area contributed by atoms with Crippen molar-refractivity contribution in [2.45, 2.75) is 13.8 Å². The van der Waals surface area contributed by atoms with Crippen LogP contribution in [0, 0.1) is 13.8 Å². The first-order chi connectivity index (χ1) is 9.74. The van der Waals surface area contributed by atoms with Gasteiger partial charge in [0.15, 0.2) is 0 Å². The van der Waals surface area contributed by atoms with Crippen molar-refractivity contribution in [3.05, 3.63) is 48.0 Å². The van der Waals surface area contributed by atoms with Crippen molar-refractivity contribution in [1.29, 1.82) is 0 Å². The van der Waals surface area contributed by atoms with E-state index in [9.17, 15) is 0 Å². The maximum atomic E-state index is 4.56. The normalized spacial score (nSPS) is 11.5. The predicted molar refractivity (Wildman–Crippen MR) is 79.6 cm³/mol. The van der Waals surface area contributed by atoms with Gasteiger partial charge in [0.2, 0.25) is 0 Å². The summed E-state index contributed by atoms with van der Waals surface area (Å²) in [6.45, 7) is 4.06. The lowest BCUT2D eigenvalue weighted by Crippen LogP contribution is -1.93. The smallest absolute Gasteiger partial charge is 0.0988 e. The van der Waals surface area contributed by atoms with Gasteiger partial charge in [-0.2, -0.15) is 0 Å². The van der Waals surface area contributed by atoms with Crippen molar-refractivity contribution in [1.82, 2.24) is 19.9 Å². The number of aromatic nitrogens is 4. The van der Waals surface area contributed by atoms with Gasteiger partial charge in [-0.1, -0.05) is 0 Å². The second kappa shape index (κ2) is 3.93. The van der Waals surface area contributed by atoms with Crippen LogP contribution < -0.4 is 0 Å². The number of pyridine rings is 2. The van der Waals surface area contributed by atoms with Gasteiger partial charge < -0.3 is 0 Å². The molecule has 0 aliphatic heterocycles. The molecule has 1 aromatic carbocycles. The average Bonchev–Trinajstić information content (AvgIpc) is 2.47. The van der Waals surface area contributed by atoms with E-state index in [2.05, 4.69) is 32.1 Å². The quantitative estimate of drug-likeness (QED) is 0.455. The van der Waals surface area contributed by atoms with Crippen LogP contribution in [0.2, 0.25) is 0 Å². The molecule has 0 amide bonds. The zero-order valence-corrected chi connectivity index (χ0v) is 11.3. The van der Waals surface area contributed by atoms with Crippen LogP contribution >= 0.6 is 0 Å².